The summed E-state index contributed by atoms with van der Waals surface area (Å²) >= 11 is 0. The number of primary amides is 1. The Balaban J connectivity index is 1.66. The SMILES string of the molecule is CC(C)C(=O)N1CCC(c2nc(-c3ccc(C(N)=O)cc3)no2)CC1. The Morgan fingerprint density at radius 1 is 1.20 bits per heavy atom. The highest BCUT2D eigenvalue weighted by molar-refractivity contribution is 5.93. The van der Waals surface area contributed by atoms with Crippen molar-refractivity contribution in [2.24, 2.45) is 11.7 Å². The van der Waals surface area contributed by atoms with E-state index in [4.69, 9.17) is 10.3 Å². The topological polar surface area (TPSA) is 102 Å². The van der Waals surface area contributed by atoms with Crippen molar-refractivity contribution in [3.05, 3.63) is 35.7 Å². The van der Waals surface area contributed by atoms with Crippen LogP contribution in [-0.2, 0) is 4.79 Å². The molecule has 0 aliphatic carbocycles. The molecule has 1 aromatic carbocycles. The van der Waals surface area contributed by atoms with Crippen LogP contribution in [0.3, 0.4) is 0 Å². The van der Waals surface area contributed by atoms with Gasteiger partial charge in [0.2, 0.25) is 23.5 Å². The molecule has 7 heteroatoms. The van der Waals surface area contributed by atoms with Crippen molar-refractivity contribution in [3.63, 3.8) is 0 Å². The van der Waals surface area contributed by atoms with Crippen LogP contribution in [0.2, 0.25) is 0 Å². The predicted octanol–water partition coefficient (Wildman–Crippen LogP) is 2.20. The van der Waals surface area contributed by atoms with Crippen LogP contribution in [0.25, 0.3) is 11.4 Å². The molecule has 2 amide bonds. The molecule has 1 aliphatic rings. The highest BCUT2D eigenvalue weighted by Gasteiger charge is 2.28. The Labute approximate surface area is 146 Å². The van der Waals surface area contributed by atoms with Crippen molar-refractivity contribution >= 4 is 11.8 Å². The molecule has 0 bridgehead atoms. The first-order valence-electron chi connectivity index (χ1n) is 8.48. The van der Waals surface area contributed by atoms with Gasteiger partial charge in [0.15, 0.2) is 0 Å². The molecule has 0 radical (unpaired) electrons. The summed E-state index contributed by atoms with van der Waals surface area (Å²) in [6.45, 7) is 5.27. The molecule has 1 saturated heterocycles. The van der Waals surface area contributed by atoms with E-state index in [1.807, 2.05) is 18.7 Å². The largest absolute Gasteiger partial charge is 0.366 e. The molecule has 0 saturated carbocycles. The first kappa shape index (κ1) is 17.1. The maximum atomic E-state index is 12.0. The molecule has 0 unspecified atom stereocenters. The van der Waals surface area contributed by atoms with Gasteiger partial charge in [-0.1, -0.05) is 31.1 Å². The standard InChI is InChI=1S/C18H22N4O3/c1-11(2)18(24)22-9-7-14(8-10-22)17-20-16(21-25-17)13-5-3-12(4-6-13)15(19)23/h3-6,11,14H,7-10H2,1-2H3,(H2,19,23). The van der Waals surface area contributed by atoms with Crippen LogP contribution in [0, 0.1) is 5.92 Å². The van der Waals surface area contributed by atoms with Crippen molar-refractivity contribution in [1.82, 2.24) is 15.0 Å². The summed E-state index contributed by atoms with van der Waals surface area (Å²) in [5, 5.41) is 4.04. The van der Waals surface area contributed by atoms with E-state index in [2.05, 4.69) is 10.1 Å². The van der Waals surface area contributed by atoms with Gasteiger partial charge in [0.05, 0.1) is 0 Å². The first-order chi connectivity index (χ1) is 12.0. The van der Waals surface area contributed by atoms with Crippen molar-refractivity contribution in [2.45, 2.75) is 32.6 Å². The number of hydrogen-bond donors (Lipinski definition) is 1. The van der Waals surface area contributed by atoms with Gasteiger partial charge in [0.25, 0.3) is 0 Å². The van der Waals surface area contributed by atoms with E-state index >= 15 is 0 Å². The summed E-state index contributed by atoms with van der Waals surface area (Å²) in [4.78, 5) is 29.6. The highest BCUT2D eigenvalue weighted by atomic mass is 16.5. The summed E-state index contributed by atoms with van der Waals surface area (Å²) < 4.78 is 5.42. The van der Waals surface area contributed by atoms with Crippen molar-refractivity contribution < 1.29 is 14.1 Å². The number of benzene rings is 1. The number of piperidine rings is 1. The van der Waals surface area contributed by atoms with Crippen LogP contribution in [0.5, 0.6) is 0 Å². The lowest BCUT2D eigenvalue weighted by molar-refractivity contribution is -0.135. The third-order valence-corrected chi connectivity index (χ3v) is 4.52. The number of amides is 2. The minimum absolute atomic E-state index is 0.0231. The summed E-state index contributed by atoms with van der Waals surface area (Å²) in [7, 11) is 0. The summed E-state index contributed by atoms with van der Waals surface area (Å²) in [6.07, 6.45) is 1.64. The fraction of sp³-hybridized carbons (Fsp3) is 0.444. The van der Waals surface area contributed by atoms with Crippen LogP contribution in [-0.4, -0.2) is 39.9 Å². The van der Waals surface area contributed by atoms with Crippen LogP contribution < -0.4 is 5.73 Å². The lowest BCUT2D eigenvalue weighted by Gasteiger charge is -2.31. The van der Waals surface area contributed by atoms with Crippen molar-refractivity contribution in [3.8, 4) is 11.4 Å². The lowest BCUT2D eigenvalue weighted by Crippen LogP contribution is -2.40. The van der Waals surface area contributed by atoms with Gasteiger partial charge >= 0.3 is 0 Å². The van der Waals surface area contributed by atoms with Gasteiger partial charge in [-0.15, -0.1) is 0 Å². The zero-order valence-electron chi connectivity index (χ0n) is 14.4. The number of carbonyl (C=O) groups excluding carboxylic acids is 2. The van der Waals surface area contributed by atoms with Crippen LogP contribution in [0.15, 0.2) is 28.8 Å². The van der Waals surface area contributed by atoms with E-state index in [0.717, 1.165) is 18.4 Å². The van der Waals surface area contributed by atoms with Crippen molar-refractivity contribution in [2.75, 3.05) is 13.1 Å². The highest BCUT2D eigenvalue weighted by Crippen LogP contribution is 2.29. The second kappa shape index (κ2) is 7.04. The fourth-order valence-corrected chi connectivity index (χ4v) is 3.01. The molecule has 2 N–H and O–H groups in total. The molecule has 2 aromatic rings. The van der Waals surface area contributed by atoms with E-state index in [-0.39, 0.29) is 17.7 Å². The van der Waals surface area contributed by atoms with Gasteiger partial charge in [-0.3, -0.25) is 9.59 Å². The second-order valence-electron chi connectivity index (χ2n) is 6.65. The van der Waals surface area contributed by atoms with Crippen LogP contribution >= 0.6 is 0 Å². The normalized spacial score (nSPS) is 15.6. The molecule has 1 aromatic heterocycles. The average molecular weight is 342 g/mol. The maximum Gasteiger partial charge on any atom is 0.248 e. The summed E-state index contributed by atoms with van der Waals surface area (Å²) in [5.41, 5.74) is 6.45. The Hall–Kier alpha value is -2.70. The Morgan fingerprint density at radius 3 is 2.40 bits per heavy atom. The molecule has 0 spiro atoms. The monoisotopic (exact) mass is 342 g/mol. The zero-order chi connectivity index (χ0) is 18.0. The minimum atomic E-state index is -0.469. The van der Waals surface area contributed by atoms with E-state index in [9.17, 15) is 9.59 Å². The Kier molecular flexibility index (Phi) is 4.83. The molecule has 25 heavy (non-hydrogen) atoms. The molecule has 2 heterocycles. The number of hydrogen-bond acceptors (Lipinski definition) is 5. The minimum Gasteiger partial charge on any atom is -0.366 e. The quantitative estimate of drug-likeness (QED) is 0.917. The van der Waals surface area contributed by atoms with Gasteiger partial charge in [0.1, 0.15) is 0 Å². The number of likely N-dealkylation sites (tertiary alicyclic amines) is 1. The number of carbonyl (C=O) groups is 2. The fourth-order valence-electron chi connectivity index (χ4n) is 3.01. The summed E-state index contributed by atoms with van der Waals surface area (Å²) in [5.74, 6) is 1.01. The molecule has 3 rings (SSSR count). The number of nitrogens with two attached hydrogens (primary N) is 1. The van der Waals surface area contributed by atoms with Gasteiger partial charge in [-0.25, -0.2) is 0 Å². The third-order valence-electron chi connectivity index (χ3n) is 4.52. The number of nitrogens with zero attached hydrogens (tertiary/aromatic N) is 3. The second-order valence-corrected chi connectivity index (χ2v) is 6.65. The molecule has 1 aliphatic heterocycles. The van der Waals surface area contributed by atoms with Gasteiger partial charge in [-0.2, -0.15) is 4.98 Å². The number of rotatable bonds is 4. The Bertz CT molecular complexity index is 759. The van der Waals surface area contributed by atoms with Crippen LogP contribution in [0.1, 0.15) is 48.9 Å². The first-order valence-corrected chi connectivity index (χ1v) is 8.48. The van der Waals surface area contributed by atoms with Crippen molar-refractivity contribution in [1.29, 1.82) is 0 Å². The van der Waals surface area contributed by atoms with E-state index < -0.39 is 5.91 Å². The van der Waals surface area contributed by atoms with Crippen LogP contribution in [0.4, 0.5) is 0 Å². The van der Waals surface area contributed by atoms with Gasteiger partial charge < -0.3 is 15.2 Å². The molecule has 1 fully saturated rings. The average Bonchev–Trinajstić information content (AvgIpc) is 3.11. The molecule has 7 nitrogen and oxygen atoms in total. The molecular weight excluding hydrogens is 320 g/mol. The maximum absolute atomic E-state index is 12.0. The molecule has 132 valence electrons. The lowest BCUT2D eigenvalue weighted by atomic mass is 9.96. The van der Waals surface area contributed by atoms with Gasteiger partial charge in [-0.05, 0) is 25.0 Å². The number of aromatic nitrogens is 2. The van der Waals surface area contributed by atoms with E-state index in [0.29, 0.717) is 30.4 Å². The predicted molar refractivity (Wildman–Crippen MR) is 91.6 cm³/mol. The van der Waals surface area contributed by atoms with Gasteiger partial charge in [0, 0.05) is 36.1 Å². The third kappa shape index (κ3) is 3.70. The summed E-state index contributed by atoms with van der Waals surface area (Å²) in [6, 6.07) is 6.78. The van der Waals surface area contributed by atoms with E-state index in [1.54, 1.807) is 24.3 Å². The van der Waals surface area contributed by atoms with E-state index in [1.165, 1.54) is 0 Å². The smallest absolute Gasteiger partial charge is 0.248 e. The molecular formula is C18H22N4O3. The Morgan fingerprint density at radius 2 is 1.84 bits per heavy atom. The zero-order valence-corrected chi connectivity index (χ0v) is 14.4. The molecule has 0 atom stereocenters.